The number of hydrogen-bond donors (Lipinski definition) is 2. The number of aromatic nitrogens is 2. The lowest BCUT2D eigenvalue weighted by molar-refractivity contribution is 0.0834. The van der Waals surface area contributed by atoms with Crippen molar-refractivity contribution in [1.82, 2.24) is 14.1 Å². The normalized spacial score (nSPS) is 19.0. The number of amides is 1. The zero-order chi connectivity index (χ0) is 10.7. The van der Waals surface area contributed by atoms with Crippen LogP contribution in [0.3, 0.4) is 0 Å². The molecule has 15 heavy (non-hydrogen) atoms. The van der Waals surface area contributed by atoms with Gasteiger partial charge >= 0.3 is 0 Å². The van der Waals surface area contributed by atoms with Gasteiger partial charge in [-0.25, -0.2) is 0 Å². The first-order chi connectivity index (χ1) is 7.26. The van der Waals surface area contributed by atoms with Gasteiger partial charge in [-0.05, 0) is 12.8 Å². The molecular weight excluding hydrogens is 214 g/mol. The fourth-order valence-electron chi connectivity index (χ4n) is 1.94. The summed E-state index contributed by atoms with van der Waals surface area (Å²) in [6.07, 6.45) is 5.23. The highest BCUT2D eigenvalue weighted by Crippen LogP contribution is 2.29. The van der Waals surface area contributed by atoms with Crippen LogP contribution in [0.4, 0.5) is 0 Å². The van der Waals surface area contributed by atoms with Crippen LogP contribution in [0.15, 0.2) is 6.20 Å². The van der Waals surface area contributed by atoms with Crippen LogP contribution in [0.1, 0.15) is 36.2 Å². The summed E-state index contributed by atoms with van der Waals surface area (Å²) in [5, 5.41) is 12.2. The molecule has 0 radical (unpaired) electrons. The number of aliphatic hydroxyl groups excluding tert-OH is 1. The Bertz CT molecular complexity index is 333. The van der Waals surface area contributed by atoms with E-state index in [0.717, 1.165) is 37.4 Å². The van der Waals surface area contributed by atoms with Crippen molar-refractivity contribution < 1.29 is 9.90 Å². The van der Waals surface area contributed by atoms with Gasteiger partial charge in [0.1, 0.15) is 0 Å². The maximum atomic E-state index is 11.7. The third-order valence-electron chi connectivity index (χ3n) is 2.84. The lowest BCUT2D eigenvalue weighted by Gasteiger charge is -2.27. The van der Waals surface area contributed by atoms with Crippen LogP contribution in [0.5, 0.6) is 0 Å². The molecule has 0 bridgehead atoms. The molecule has 2 rings (SSSR count). The van der Waals surface area contributed by atoms with Crippen molar-refractivity contribution in [3.05, 3.63) is 11.9 Å². The Morgan fingerprint density at radius 3 is 2.87 bits per heavy atom. The number of aliphatic hydroxyl groups is 1. The molecule has 0 spiro atoms. The molecule has 1 amide bonds. The second-order valence-corrected chi connectivity index (χ2v) is 4.45. The van der Waals surface area contributed by atoms with E-state index in [1.807, 2.05) is 0 Å². The topological polar surface area (TPSA) is 75.1 Å². The summed E-state index contributed by atoms with van der Waals surface area (Å²) in [5.41, 5.74) is -0.0968. The number of hydrogen-bond acceptors (Lipinski definition) is 5. The number of carbonyl (C=O) groups is 1. The highest BCUT2D eigenvalue weighted by molar-refractivity contribution is 6.99. The number of nitrogens with zero attached hydrogens (tertiary/aromatic N) is 2. The molecule has 1 fully saturated rings. The third kappa shape index (κ3) is 2.15. The van der Waals surface area contributed by atoms with Crippen molar-refractivity contribution in [2.45, 2.75) is 31.2 Å². The molecule has 1 heterocycles. The molecule has 0 atom stereocenters. The minimum absolute atomic E-state index is 0.00366. The molecule has 1 aliphatic carbocycles. The van der Waals surface area contributed by atoms with Crippen molar-refractivity contribution in [3.8, 4) is 0 Å². The summed E-state index contributed by atoms with van der Waals surface area (Å²) in [6.45, 7) is -0.00366. The molecule has 0 saturated heterocycles. The highest BCUT2D eigenvalue weighted by atomic mass is 32.1. The summed E-state index contributed by atoms with van der Waals surface area (Å²) in [6, 6.07) is 0. The molecule has 1 aromatic rings. The van der Waals surface area contributed by atoms with Gasteiger partial charge in [-0.3, -0.25) is 4.79 Å². The van der Waals surface area contributed by atoms with E-state index in [1.165, 1.54) is 6.20 Å². The summed E-state index contributed by atoms with van der Waals surface area (Å²) >= 11 is 1.01. The molecule has 1 saturated carbocycles. The van der Waals surface area contributed by atoms with Crippen molar-refractivity contribution in [2.75, 3.05) is 6.61 Å². The van der Waals surface area contributed by atoms with E-state index in [0.29, 0.717) is 5.69 Å². The largest absolute Gasteiger partial charge is 0.394 e. The van der Waals surface area contributed by atoms with Gasteiger partial charge in [0, 0.05) is 0 Å². The Kier molecular flexibility index (Phi) is 2.97. The van der Waals surface area contributed by atoms with E-state index < -0.39 is 5.54 Å². The third-order valence-corrected chi connectivity index (χ3v) is 3.31. The van der Waals surface area contributed by atoms with Crippen molar-refractivity contribution in [2.24, 2.45) is 0 Å². The minimum atomic E-state index is -0.430. The average molecular weight is 227 g/mol. The van der Waals surface area contributed by atoms with Crippen molar-refractivity contribution in [3.63, 3.8) is 0 Å². The Balaban J connectivity index is 2.04. The van der Waals surface area contributed by atoms with Crippen molar-refractivity contribution >= 4 is 17.6 Å². The second-order valence-electron chi connectivity index (χ2n) is 3.89. The Labute approximate surface area is 91.8 Å². The van der Waals surface area contributed by atoms with Gasteiger partial charge in [0.2, 0.25) is 0 Å². The molecule has 0 aromatic carbocycles. The predicted octanol–water partition coefficient (Wildman–Crippen LogP) is 0.573. The van der Waals surface area contributed by atoms with Gasteiger partial charge in [-0.1, -0.05) is 12.8 Å². The lowest BCUT2D eigenvalue weighted by Crippen LogP contribution is -2.49. The Morgan fingerprint density at radius 2 is 2.33 bits per heavy atom. The number of carbonyl (C=O) groups excluding carboxylic acids is 1. The van der Waals surface area contributed by atoms with E-state index in [-0.39, 0.29) is 12.5 Å². The molecular formula is C9H13N3O2S. The summed E-state index contributed by atoms with van der Waals surface area (Å²) < 4.78 is 7.63. The van der Waals surface area contributed by atoms with Gasteiger partial charge in [-0.2, -0.15) is 8.75 Å². The first kappa shape index (κ1) is 10.5. The average Bonchev–Trinajstić information content (AvgIpc) is 2.88. The van der Waals surface area contributed by atoms with Crippen LogP contribution >= 0.6 is 11.7 Å². The molecule has 82 valence electrons. The summed E-state index contributed by atoms with van der Waals surface area (Å²) in [4.78, 5) is 11.7. The van der Waals surface area contributed by atoms with Gasteiger partial charge in [0.25, 0.3) is 5.91 Å². The maximum Gasteiger partial charge on any atom is 0.273 e. The van der Waals surface area contributed by atoms with E-state index in [1.54, 1.807) is 0 Å². The number of nitrogens with one attached hydrogen (secondary N) is 1. The van der Waals surface area contributed by atoms with Crippen LogP contribution < -0.4 is 5.32 Å². The monoisotopic (exact) mass is 227 g/mol. The lowest BCUT2D eigenvalue weighted by atomic mass is 9.99. The first-order valence-electron chi connectivity index (χ1n) is 4.97. The quantitative estimate of drug-likeness (QED) is 0.791. The van der Waals surface area contributed by atoms with E-state index in [4.69, 9.17) is 0 Å². The standard InChI is InChI=1S/C9H13N3O2S/c13-6-9(3-1-2-4-9)11-8(14)7-5-10-15-12-7/h5,13H,1-4,6H2,(H,11,14). The van der Waals surface area contributed by atoms with Crippen LogP contribution in [0.25, 0.3) is 0 Å². The number of rotatable bonds is 3. The summed E-state index contributed by atoms with van der Waals surface area (Å²) in [7, 11) is 0. The molecule has 0 aliphatic heterocycles. The van der Waals surface area contributed by atoms with Gasteiger partial charge in [0.15, 0.2) is 5.69 Å². The Hall–Kier alpha value is -1.01. The molecule has 1 aliphatic rings. The van der Waals surface area contributed by atoms with Gasteiger partial charge < -0.3 is 10.4 Å². The molecule has 5 nitrogen and oxygen atoms in total. The Morgan fingerprint density at radius 1 is 1.60 bits per heavy atom. The smallest absolute Gasteiger partial charge is 0.273 e. The fraction of sp³-hybridized carbons (Fsp3) is 0.667. The van der Waals surface area contributed by atoms with Gasteiger partial charge in [-0.15, -0.1) is 0 Å². The van der Waals surface area contributed by atoms with E-state index >= 15 is 0 Å². The molecule has 6 heteroatoms. The zero-order valence-corrected chi connectivity index (χ0v) is 9.09. The second kappa shape index (κ2) is 4.24. The zero-order valence-electron chi connectivity index (χ0n) is 8.27. The predicted molar refractivity (Wildman–Crippen MR) is 55.7 cm³/mol. The highest BCUT2D eigenvalue weighted by Gasteiger charge is 2.35. The first-order valence-corrected chi connectivity index (χ1v) is 5.70. The molecule has 1 aromatic heterocycles. The van der Waals surface area contributed by atoms with Crippen LogP contribution in [0.2, 0.25) is 0 Å². The van der Waals surface area contributed by atoms with Gasteiger partial charge in [0.05, 0.1) is 30.1 Å². The van der Waals surface area contributed by atoms with Crippen LogP contribution in [0, 0.1) is 0 Å². The van der Waals surface area contributed by atoms with Crippen molar-refractivity contribution in [1.29, 1.82) is 0 Å². The SMILES string of the molecule is O=C(NC1(CO)CCCC1)c1cnsn1. The summed E-state index contributed by atoms with van der Waals surface area (Å²) in [5.74, 6) is -0.236. The van der Waals surface area contributed by atoms with Crippen LogP contribution in [-0.4, -0.2) is 31.9 Å². The maximum absolute atomic E-state index is 11.7. The molecule has 2 N–H and O–H groups in total. The van der Waals surface area contributed by atoms with Crippen LogP contribution in [-0.2, 0) is 0 Å². The minimum Gasteiger partial charge on any atom is -0.394 e. The molecule has 0 unspecified atom stereocenters. The fourth-order valence-corrected chi connectivity index (χ4v) is 2.36. The van der Waals surface area contributed by atoms with E-state index in [2.05, 4.69) is 14.1 Å². The van der Waals surface area contributed by atoms with E-state index in [9.17, 15) is 9.90 Å².